The van der Waals surface area contributed by atoms with Gasteiger partial charge in [0.15, 0.2) is 11.5 Å². The van der Waals surface area contributed by atoms with Crippen LogP contribution >= 0.6 is 11.6 Å². The van der Waals surface area contributed by atoms with Gasteiger partial charge in [0.05, 0.1) is 32.5 Å². The molecule has 0 radical (unpaired) electrons. The molecule has 34 heavy (non-hydrogen) atoms. The minimum Gasteiger partial charge on any atom is -0.493 e. The molecule has 1 aliphatic heterocycles. The van der Waals surface area contributed by atoms with Crippen molar-refractivity contribution in [2.45, 2.75) is 12.6 Å². The quantitative estimate of drug-likeness (QED) is 0.379. The van der Waals surface area contributed by atoms with Crippen molar-refractivity contribution in [3.63, 3.8) is 0 Å². The van der Waals surface area contributed by atoms with Crippen molar-refractivity contribution in [2.24, 2.45) is 0 Å². The molecule has 4 aromatic rings. The SMILES string of the molecule is COc1ccc(NC(=O)N2Cc3ccccc3-n3cccc3C2c2cccc(Cl)c2)cc1OC. The molecule has 0 aliphatic carbocycles. The summed E-state index contributed by atoms with van der Waals surface area (Å²) in [4.78, 5) is 15.6. The van der Waals surface area contributed by atoms with E-state index in [1.54, 1.807) is 32.4 Å². The van der Waals surface area contributed by atoms with E-state index >= 15 is 0 Å². The topological polar surface area (TPSA) is 55.7 Å². The van der Waals surface area contributed by atoms with Crippen LogP contribution in [0.1, 0.15) is 22.9 Å². The highest BCUT2D eigenvalue weighted by atomic mass is 35.5. The first-order valence-corrected chi connectivity index (χ1v) is 11.3. The number of carbonyl (C=O) groups excluding carboxylic acids is 1. The third kappa shape index (κ3) is 3.97. The molecular weight excluding hydrogens is 450 g/mol. The molecular formula is C27H24ClN3O3. The summed E-state index contributed by atoms with van der Waals surface area (Å²) in [5, 5.41) is 3.67. The van der Waals surface area contributed by atoms with Gasteiger partial charge in [0, 0.05) is 28.7 Å². The maximum atomic E-state index is 13.8. The van der Waals surface area contributed by atoms with Crippen LogP contribution in [0.4, 0.5) is 10.5 Å². The second-order valence-corrected chi connectivity index (χ2v) is 8.45. The summed E-state index contributed by atoms with van der Waals surface area (Å²) in [6.07, 6.45) is 2.03. The fraction of sp³-hybridized carbons (Fsp3) is 0.148. The van der Waals surface area contributed by atoms with Crippen molar-refractivity contribution in [1.29, 1.82) is 0 Å². The number of nitrogens with one attached hydrogen (secondary N) is 1. The number of benzene rings is 3. The summed E-state index contributed by atoms with van der Waals surface area (Å²) < 4.78 is 12.9. The summed E-state index contributed by atoms with van der Waals surface area (Å²) in [5.41, 5.74) is 4.63. The summed E-state index contributed by atoms with van der Waals surface area (Å²) in [6, 6.07) is 24.6. The number of nitrogens with zero attached hydrogens (tertiary/aromatic N) is 2. The highest BCUT2D eigenvalue weighted by Gasteiger charge is 2.33. The van der Waals surface area contributed by atoms with Gasteiger partial charge < -0.3 is 24.3 Å². The molecule has 1 unspecified atom stereocenters. The fourth-order valence-electron chi connectivity index (χ4n) is 4.48. The van der Waals surface area contributed by atoms with Crippen LogP contribution < -0.4 is 14.8 Å². The first-order chi connectivity index (χ1) is 16.6. The zero-order chi connectivity index (χ0) is 23.7. The van der Waals surface area contributed by atoms with Crippen LogP contribution in [0, 0.1) is 0 Å². The number of ether oxygens (including phenoxy) is 2. The zero-order valence-corrected chi connectivity index (χ0v) is 19.6. The maximum Gasteiger partial charge on any atom is 0.322 e. The van der Waals surface area contributed by atoms with E-state index in [1.165, 1.54) is 0 Å². The number of anilines is 1. The third-order valence-corrected chi connectivity index (χ3v) is 6.26. The lowest BCUT2D eigenvalue weighted by atomic mass is 10.0. The van der Waals surface area contributed by atoms with Crippen LogP contribution in [0.2, 0.25) is 5.02 Å². The Morgan fingerprint density at radius 2 is 1.76 bits per heavy atom. The van der Waals surface area contributed by atoms with Crippen molar-refractivity contribution >= 4 is 23.3 Å². The number of hydrogen-bond donors (Lipinski definition) is 1. The lowest BCUT2D eigenvalue weighted by Crippen LogP contribution is -2.37. The summed E-state index contributed by atoms with van der Waals surface area (Å²) in [5.74, 6) is 1.14. The number of fused-ring (bicyclic) bond motifs is 3. The fourth-order valence-corrected chi connectivity index (χ4v) is 4.67. The van der Waals surface area contributed by atoms with E-state index in [2.05, 4.69) is 22.0 Å². The van der Waals surface area contributed by atoms with E-state index in [9.17, 15) is 4.79 Å². The van der Waals surface area contributed by atoms with Crippen LogP contribution in [0.5, 0.6) is 11.5 Å². The lowest BCUT2D eigenvalue weighted by Gasteiger charge is -2.31. The van der Waals surface area contributed by atoms with Gasteiger partial charge in [-0.1, -0.05) is 41.9 Å². The molecule has 0 saturated carbocycles. The predicted octanol–water partition coefficient (Wildman–Crippen LogP) is 6.29. The average Bonchev–Trinajstić information content (AvgIpc) is 3.28. The first-order valence-electron chi connectivity index (χ1n) is 10.9. The number of carbonyl (C=O) groups is 1. The molecule has 172 valence electrons. The number of amides is 2. The third-order valence-electron chi connectivity index (χ3n) is 6.02. The van der Waals surface area contributed by atoms with Gasteiger partial charge in [0.1, 0.15) is 0 Å². The second kappa shape index (κ2) is 9.15. The van der Waals surface area contributed by atoms with Gasteiger partial charge in [-0.05, 0) is 53.6 Å². The van der Waals surface area contributed by atoms with Crippen molar-refractivity contribution in [2.75, 3.05) is 19.5 Å². The number of hydrogen-bond acceptors (Lipinski definition) is 3. The van der Waals surface area contributed by atoms with Gasteiger partial charge >= 0.3 is 6.03 Å². The van der Waals surface area contributed by atoms with Crippen LogP contribution in [0.25, 0.3) is 5.69 Å². The molecule has 5 rings (SSSR count). The maximum absolute atomic E-state index is 13.8. The number of methoxy groups -OCH3 is 2. The van der Waals surface area contributed by atoms with Crippen molar-refractivity contribution in [3.8, 4) is 17.2 Å². The molecule has 1 aliphatic rings. The van der Waals surface area contributed by atoms with E-state index in [4.69, 9.17) is 21.1 Å². The second-order valence-electron chi connectivity index (χ2n) is 8.02. The number of para-hydroxylation sites is 1. The molecule has 0 spiro atoms. The molecule has 0 saturated heterocycles. The van der Waals surface area contributed by atoms with Crippen LogP contribution in [0.15, 0.2) is 85.1 Å². The van der Waals surface area contributed by atoms with Crippen molar-refractivity contribution in [3.05, 3.63) is 107 Å². The Labute approximate surface area is 203 Å². The van der Waals surface area contributed by atoms with Crippen LogP contribution in [-0.4, -0.2) is 29.7 Å². The average molecular weight is 474 g/mol. The Hall–Kier alpha value is -3.90. The van der Waals surface area contributed by atoms with Gasteiger partial charge in [-0.2, -0.15) is 0 Å². The van der Waals surface area contributed by atoms with E-state index in [1.807, 2.05) is 59.6 Å². The highest BCUT2D eigenvalue weighted by molar-refractivity contribution is 6.30. The smallest absolute Gasteiger partial charge is 0.322 e. The number of urea groups is 1. The molecule has 6 nitrogen and oxygen atoms in total. The Balaban J connectivity index is 1.59. The Kier molecular flexibility index (Phi) is 5.90. The molecule has 7 heteroatoms. The predicted molar refractivity (Wildman–Crippen MR) is 133 cm³/mol. The van der Waals surface area contributed by atoms with Crippen molar-refractivity contribution in [1.82, 2.24) is 9.47 Å². The lowest BCUT2D eigenvalue weighted by molar-refractivity contribution is 0.194. The van der Waals surface area contributed by atoms with E-state index in [0.29, 0.717) is 28.8 Å². The Morgan fingerprint density at radius 3 is 2.56 bits per heavy atom. The first kappa shape index (κ1) is 21.9. The minimum absolute atomic E-state index is 0.235. The molecule has 1 N–H and O–H groups in total. The molecule has 1 atom stereocenters. The summed E-state index contributed by atoms with van der Waals surface area (Å²) in [7, 11) is 3.15. The normalized spacial score (nSPS) is 14.6. The molecule has 2 amide bonds. The molecule has 3 aromatic carbocycles. The van der Waals surface area contributed by atoms with Crippen molar-refractivity contribution < 1.29 is 14.3 Å². The zero-order valence-electron chi connectivity index (χ0n) is 18.9. The van der Waals surface area contributed by atoms with Gasteiger partial charge in [0.2, 0.25) is 0 Å². The summed E-state index contributed by atoms with van der Waals surface area (Å²) >= 11 is 6.36. The summed E-state index contributed by atoms with van der Waals surface area (Å²) in [6.45, 7) is 0.425. The Morgan fingerprint density at radius 1 is 0.941 bits per heavy atom. The molecule has 0 fully saturated rings. The van der Waals surface area contributed by atoms with E-state index in [-0.39, 0.29) is 12.1 Å². The number of rotatable bonds is 4. The van der Waals surface area contributed by atoms with E-state index < -0.39 is 0 Å². The van der Waals surface area contributed by atoms with Gasteiger partial charge in [-0.15, -0.1) is 0 Å². The number of halogens is 1. The Bertz CT molecular complexity index is 1350. The minimum atomic E-state index is -0.346. The molecule has 2 heterocycles. The molecule has 1 aromatic heterocycles. The number of aromatic nitrogens is 1. The standard InChI is InChI=1S/C27H24ClN3O3/c1-33-24-13-12-21(16-25(24)34-2)29-27(32)31-17-19-7-3-4-10-22(19)30-14-6-11-23(30)26(31)18-8-5-9-20(28)15-18/h3-16,26H,17H2,1-2H3,(H,29,32). The monoisotopic (exact) mass is 473 g/mol. The van der Waals surface area contributed by atoms with Crippen LogP contribution in [-0.2, 0) is 6.54 Å². The van der Waals surface area contributed by atoms with E-state index in [0.717, 1.165) is 22.5 Å². The van der Waals surface area contributed by atoms with Gasteiger partial charge in [-0.3, -0.25) is 0 Å². The largest absolute Gasteiger partial charge is 0.493 e. The van der Waals surface area contributed by atoms with Gasteiger partial charge in [-0.25, -0.2) is 4.79 Å². The highest BCUT2D eigenvalue weighted by Crippen LogP contribution is 2.38. The van der Waals surface area contributed by atoms with Crippen LogP contribution in [0.3, 0.4) is 0 Å². The molecule has 0 bridgehead atoms. The van der Waals surface area contributed by atoms with Gasteiger partial charge in [0.25, 0.3) is 0 Å².